The molecule has 106 valence electrons. The average Bonchev–Trinajstić information content (AvgIpc) is 2.73. The number of anilines is 1. The molecule has 0 amide bonds. The van der Waals surface area contributed by atoms with Crippen molar-refractivity contribution >= 4 is 21.7 Å². The maximum absolute atomic E-state index is 13.4. The number of nitro groups is 1. The molecule has 0 saturated carbocycles. The van der Waals surface area contributed by atoms with Gasteiger partial charge in [0.15, 0.2) is 5.82 Å². The first-order chi connectivity index (χ1) is 9.29. The van der Waals surface area contributed by atoms with Crippen molar-refractivity contribution < 1.29 is 22.3 Å². The van der Waals surface area contributed by atoms with Gasteiger partial charge in [-0.1, -0.05) is 5.16 Å². The van der Waals surface area contributed by atoms with Crippen molar-refractivity contribution in [1.82, 2.24) is 10.1 Å². The zero-order valence-electron chi connectivity index (χ0n) is 9.90. The Hall–Kier alpha value is -2.56. The normalized spacial score (nSPS) is 11.3. The van der Waals surface area contributed by atoms with Gasteiger partial charge in [-0.3, -0.25) is 10.1 Å². The molecule has 1 N–H and O–H groups in total. The van der Waals surface area contributed by atoms with Gasteiger partial charge in [-0.2, -0.15) is 9.37 Å². The number of rotatable bonds is 4. The molecule has 20 heavy (non-hydrogen) atoms. The van der Waals surface area contributed by atoms with Crippen LogP contribution in [0, 0.1) is 22.9 Å². The summed E-state index contributed by atoms with van der Waals surface area (Å²) >= 11 is 0. The first-order valence-electron chi connectivity index (χ1n) is 5.06. The summed E-state index contributed by atoms with van der Waals surface area (Å²) in [6.45, 7) is 1.48. The Kier molecular flexibility index (Phi) is 3.36. The number of nitrogens with zero attached hydrogens (tertiary/aromatic N) is 3. The largest absolute Gasteiger partial charge is 0.335 e. The van der Waals surface area contributed by atoms with E-state index >= 15 is 0 Å². The summed E-state index contributed by atoms with van der Waals surface area (Å²) in [5.74, 6) is -1.06. The molecule has 0 atom stereocenters. The lowest BCUT2D eigenvalue weighted by Gasteiger charge is -2.03. The fourth-order valence-electron chi connectivity index (χ4n) is 1.32. The molecule has 0 aliphatic rings. The topological polar surface area (TPSA) is 128 Å². The molecule has 0 bridgehead atoms. The van der Waals surface area contributed by atoms with Crippen LogP contribution in [-0.4, -0.2) is 23.5 Å². The second-order valence-electron chi connectivity index (χ2n) is 3.62. The van der Waals surface area contributed by atoms with Crippen LogP contribution in [0.3, 0.4) is 0 Å². The Morgan fingerprint density at radius 2 is 2.15 bits per heavy atom. The number of halogens is 1. The van der Waals surface area contributed by atoms with Gasteiger partial charge in [-0.15, -0.1) is 0 Å². The Morgan fingerprint density at radius 1 is 1.45 bits per heavy atom. The number of nitrogens with one attached hydrogen (secondary N) is 1. The molecular weight excluding hydrogens is 295 g/mol. The van der Waals surface area contributed by atoms with E-state index in [0.29, 0.717) is 6.07 Å². The SMILES string of the molecule is Cc1noc(NS(=O)(=O)c2ccc([N+](=O)[O-])c(F)c2)n1. The van der Waals surface area contributed by atoms with Crippen molar-refractivity contribution in [1.29, 1.82) is 0 Å². The lowest BCUT2D eigenvalue weighted by atomic mass is 10.3. The number of nitro benzene ring substituents is 1. The monoisotopic (exact) mass is 302 g/mol. The van der Waals surface area contributed by atoms with E-state index in [1.165, 1.54) is 6.92 Å². The Bertz CT molecular complexity index is 772. The van der Waals surface area contributed by atoms with Crippen LogP contribution in [0.5, 0.6) is 0 Å². The van der Waals surface area contributed by atoms with Crippen LogP contribution in [0.1, 0.15) is 5.82 Å². The van der Waals surface area contributed by atoms with Gasteiger partial charge < -0.3 is 4.52 Å². The first-order valence-corrected chi connectivity index (χ1v) is 6.55. The summed E-state index contributed by atoms with van der Waals surface area (Å²) in [5.41, 5.74) is -0.822. The third-order valence-electron chi connectivity index (χ3n) is 2.18. The highest BCUT2D eigenvalue weighted by molar-refractivity contribution is 7.92. The lowest BCUT2D eigenvalue weighted by Crippen LogP contribution is -2.13. The molecule has 0 saturated heterocycles. The zero-order chi connectivity index (χ0) is 14.9. The number of hydrogen-bond acceptors (Lipinski definition) is 7. The second kappa shape index (κ2) is 4.85. The molecule has 9 nitrogen and oxygen atoms in total. The van der Waals surface area contributed by atoms with Crippen LogP contribution in [0.25, 0.3) is 0 Å². The minimum absolute atomic E-state index is 0.206. The first kappa shape index (κ1) is 13.9. The highest BCUT2D eigenvalue weighted by Gasteiger charge is 2.22. The van der Waals surface area contributed by atoms with Crippen LogP contribution in [0.15, 0.2) is 27.6 Å². The van der Waals surface area contributed by atoms with Crippen LogP contribution in [0.2, 0.25) is 0 Å². The van der Waals surface area contributed by atoms with Crippen LogP contribution >= 0.6 is 0 Å². The number of sulfonamides is 1. The molecule has 1 heterocycles. The van der Waals surface area contributed by atoms with E-state index in [4.69, 9.17) is 0 Å². The molecule has 0 aliphatic carbocycles. The van der Waals surface area contributed by atoms with Crippen molar-refractivity contribution in [2.45, 2.75) is 11.8 Å². The van der Waals surface area contributed by atoms with Crippen molar-refractivity contribution in [3.63, 3.8) is 0 Å². The number of aryl methyl sites for hydroxylation is 1. The Morgan fingerprint density at radius 3 is 2.65 bits per heavy atom. The van der Waals surface area contributed by atoms with Crippen molar-refractivity contribution in [3.8, 4) is 0 Å². The number of aromatic nitrogens is 2. The van der Waals surface area contributed by atoms with Crippen molar-refractivity contribution in [2.75, 3.05) is 4.72 Å². The molecule has 2 rings (SSSR count). The van der Waals surface area contributed by atoms with E-state index in [2.05, 4.69) is 14.7 Å². The quantitative estimate of drug-likeness (QED) is 0.664. The molecule has 11 heteroatoms. The minimum atomic E-state index is -4.17. The van der Waals surface area contributed by atoms with Crippen molar-refractivity contribution in [3.05, 3.63) is 40.0 Å². The maximum atomic E-state index is 13.4. The van der Waals surface area contributed by atoms with E-state index in [-0.39, 0.29) is 11.8 Å². The van der Waals surface area contributed by atoms with Gasteiger partial charge in [0, 0.05) is 12.1 Å². The molecule has 0 unspecified atom stereocenters. The van der Waals surface area contributed by atoms with Gasteiger partial charge >= 0.3 is 11.7 Å². The number of benzene rings is 1. The summed E-state index contributed by atoms with van der Waals surface area (Å²) in [6.07, 6.45) is 0. The average molecular weight is 302 g/mol. The van der Waals surface area contributed by atoms with Gasteiger partial charge in [-0.25, -0.2) is 13.1 Å². The smallest absolute Gasteiger partial charge is 0.314 e. The fourth-order valence-corrected chi connectivity index (χ4v) is 2.25. The summed E-state index contributed by atoms with van der Waals surface area (Å²) in [5, 5.41) is 13.8. The predicted octanol–water partition coefficient (Wildman–Crippen LogP) is 1.23. The Labute approximate surface area is 111 Å². The summed E-state index contributed by atoms with van der Waals surface area (Å²) in [4.78, 5) is 12.6. The van der Waals surface area contributed by atoms with Crippen LogP contribution in [0.4, 0.5) is 16.1 Å². The summed E-state index contributed by atoms with van der Waals surface area (Å²) in [7, 11) is -4.17. The lowest BCUT2D eigenvalue weighted by molar-refractivity contribution is -0.387. The zero-order valence-corrected chi connectivity index (χ0v) is 10.7. The molecule has 2 aromatic rings. The molecule has 1 aromatic heterocycles. The molecule has 0 fully saturated rings. The highest BCUT2D eigenvalue weighted by Crippen LogP contribution is 2.22. The van der Waals surface area contributed by atoms with Gasteiger partial charge in [0.2, 0.25) is 5.82 Å². The second-order valence-corrected chi connectivity index (χ2v) is 5.30. The highest BCUT2D eigenvalue weighted by atomic mass is 32.2. The molecule has 0 spiro atoms. The predicted molar refractivity (Wildman–Crippen MR) is 62.9 cm³/mol. The fraction of sp³-hybridized carbons (Fsp3) is 0.111. The molecule has 0 radical (unpaired) electrons. The van der Waals surface area contributed by atoms with Gasteiger partial charge in [0.05, 0.1) is 9.82 Å². The van der Waals surface area contributed by atoms with Gasteiger partial charge in [0.1, 0.15) is 0 Å². The summed E-state index contributed by atoms with van der Waals surface area (Å²) in [6, 6.07) is 1.79. The van der Waals surface area contributed by atoms with Crippen LogP contribution < -0.4 is 4.72 Å². The van der Waals surface area contributed by atoms with Gasteiger partial charge in [0.25, 0.3) is 10.0 Å². The minimum Gasteiger partial charge on any atom is -0.314 e. The van der Waals surface area contributed by atoms with Crippen molar-refractivity contribution in [2.24, 2.45) is 0 Å². The number of hydrogen-bond donors (Lipinski definition) is 1. The maximum Gasteiger partial charge on any atom is 0.335 e. The third-order valence-corrected chi connectivity index (χ3v) is 3.49. The van der Waals surface area contributed by atoms with Gasteiger partial charge in [-0.05, 0) is 13.0 Å². The van der Waals surface area contributed by atoms with Crippen LogP contribution in [-0.2, 0) is 10.0 Å². The third kappa shape index (κ3) is 2.71. The molecule has 1 aromatic carbocycles. The molecule has 0 aliphatic heterocycles. The van der Waals surface area contributed by atoms with E-state index in [1.54, 1.807) is 0 Å². The van der Waals surface area contributed by atoms with E-state index in [9.17, 15) is 22.9 Å². The standard InChI is InChI=1S/C9H7FN4O5S/c1-5-11-9(19-12-5)13-20(17,18)6-2-3-8(14(15)16)7(10)4-6/h2-4H,1H3,(H,11,12,13). The molecular formula is C9H7FN4O5S. The van der Waals surface area contributed by atoms with E-state index in [1.807, 2.05) is 4.72 Å². The summed E-state index contributed by atoms with van der Waals surface area (Å²) < 4.78 is 43.6. The Balaban J connectivity index is 2.35. The van der Waals surface area contributed by atoms with E-state index < -0.39 is 31.3 Å². The van der Waals surface area contributed by atoms with E-state index in [0.717, 1.165) is 12.1 Å².